The van der Waals surface area contributed by atoms with Gasteiger partial charge in [0.05, 0.1) is 11.6 Å². The van der Waals surface area contributed by atoms with E-state index in [1.807, 2.05) is 24.3 Å². The fourth-order valence-corrected chi connectivity index (χ4v) is 2.11. The Morgan fingerprint density at radius 1 is 1.50 bits per heavy atom. The number of hydrazine groups is 1. The number of ether oxygens (including phenoxy) is 1. The number of nitrogens with one attached hydrogen (secondary N) is 1. The Balaban J connectivity index is 2.29. The molecule has 0 amide bonds. The van der Waals surface area contributed by atoms with Crippen molar-refractivity contribution in [3.63, 3.8) is 0 Å². The minimum atomic E-state index is -0.131. The first-order valence-electron chi connectivity index (χ1n) is 4.96. The largest absolute Gasteiger partial charge is 0.496 e. The van der Waals surface area contributed by atoms with Crippen molar-refractivity contribution in [3.05, 3.63) is 45.1 Å². The van der Waals surface area contributed by atoms with Gasteiger partial charge in [0.2, 0.25) is 0 Å². The highest BCUT2D eigenvalue weighted by Crippen LogP contribution is 2.30. The molecule has 0 saturated heterocycles. The summed E-state index contributed by atoms with van der Waals surface area (Å²) in [4.78, 5) is 0. The summed E-state index contributed by atoms with van der Waals surface area (Å²) >= 11 is 9.40. The van der Waals surface area contributed by atoms with Crippen molar-refractivity contribution in [2.45, 2.75) is 12.5 Å². The molecule has 1 aromatic rings. The van der Waals surface area contributed by atoms with E-state index in [4.69, 9.17) is 22.2 Å². The van der Waals surface area contributed by atoms with Crippen LogP contribution in [0.1, 0.15) is 18.0 Å². The lowest BCUT2D eigenvalue weighted by atomic mass is 10.1. The highest BCUT2D eigenvalue weighted by molar-refractivity contribution is 9.10. The van der Waals surface area contributed by atoms with Crippen LogP contribution in [0.15, 0.2) is 34.5 Å². The van der Waals surface area contributed by atoms with Gasteiger partial charge in [0.15, 0.2) is 0 Å². The predicted octanol–water partition coefficient (Wildman–Crippen LogP) is 2.91. The maximum absolute atomic E-state index is 6.05. The molecule has 0 aliphatic carbocycles. The van der Waals surface area contributed by atoms with Crippen LogP contribution in [-0.2, 0) is 4.74 Å². The first-order chi connectivity index (χ1) is 7.72. The molecule has 0 bridgehead atoms. The van der Waals surface area contributed by atoms with Crippen molar-refractivity contribution in [1.29, 1.82) is 0 Å². The van der Waals surface area contributed by atoms with Crippen LogP contribution in [0.2, 0.25) is 5.02 Å². The van der Waals surface area contributed by atoms with E-state index in [-0.39, 0.29) is 6.04 Å². The first kappa shape index (κ1) is 11.9. The molecule has 86 valence electrons. The maximum atomic E-state index is 6.05. The molecule has 16 heavy (non-hydrogen) atoms. The van der Waals surface area contributed by atoms with E-state index in [2.05, 4.69) is 21.4 Å². The molecule has 0 spiro atoms. The van der Waals surface area contributed by atoms with E-state index in [1.54, 1.807) is 0 Å². The lowest BCUT2D eigenvalue weighted by Gasteiger charge is -2.18. The summed E-state index contributed by atoms with van der Waals surface area (Å²) in [7, 11) is 0. The summed E-state index contributed by atoms with van der Waals surface area (Å²) in [5, 5.41) is 0.663. The maximum Gasteiger partial charge on any atom is 0.115 e. The third-order valence-electron chi connectivity index (χ3n) is 2.46. The molecule has 1 heterocycles. The topological polar surface area (TPSA) is 47.3 Å². The van der Waals surface area contributed by atoms with Gasteiger partial charge < -0.3 is 4.74 Å². The molecule has 5 heteroatoms. The van der Waals surface area contributed by atoms with Gasteiger partial charge in [-0.3, -0.25) is 5.84 Å². The van der Waals surface area contributed by atoms with Gasteiger partial charge >= 0.3 is 0 Å². The van der Waals surface area contributed by atoms with Gasteiger partial charge in [0.25, 0.3) is 0 Å². The molecule has 1 aromatic carbocycles. The monoisotopic (exact) mass is 302 g/mol. The van der Waals surface area contributed by atoms with Crippen molar-refractivity contribution >= 4 is 27.5 Å². The van der Waals surface area contributed by atoms with Crippen LogP contribution in [-0.4, -0.2) is 6.61 Å². The van der Waals surface area contributed by atoms with Crippen molar-refractivity contribution in [3.8, 4) is 0 Å². The number of benzene rings is 1. The molecular weight excluding hydrogens is 291 g/mol. The molecule has 2 rings (SSSR count). The zero-order valence-electron chi connectivity index (χ0n) is 8.54. The number of rotatable bonds is 3. The van der Waals surface area contributed by atoms with Gasteiger partial charge in [-0.05, 0) is 39.7 Å². The first-order valence-corrected chi connectivity index (χ1v) is 6.13. The van der Waals surface area contributed by atoms with E-state index >= 15 is 0 Å². The number of hydrogen-bond acceptors (Lipinski definition) is 3. The Morgan fingerprint density at radius 2 is 2.31 bits per heavy atom. The normalized spacial score (nSPS) is 16.8. The van der Waals surface area contributed by atoms with Crippen LogP contribution < -0.4 is 11.3 Å². The van der Waals surface area contributed by atoms with Crippen LogP contribution in [0.25, 0.3) is 0 Å². The molecule has 3 nitrogen and oxygen atoms in total. The Kier molecular flexibility index (Phi) is 3.86. The second kappa shape index (κ2) is 5.19. The minimum absolute atomic E-state index is 0.131. The fourth-order valence-electron chi connectivity index (χ4n) is 1.67. The third-order valence-corrected chi connectivity index (χ3v) is 3.69. The number of halogens is 2. The van der Waals surface area contributed by atoms with E-state index in [1.165, 1.54) is 0 Å². The minimum Gasteiger partial charge on any atom is -0.496 e. The van der Waals surface area contributed by atoms with E-state index in [0.717, 1.165) is 28.8 Å². The number of nitrogens with two attached hydrogens (primary N) is 1. The Bertz CT molecular complexity index is 422. The Morgan fingerprint density at radius 3 is 2.88 bits per heavy atom. The van der Waals surface area contributed by atoms with Crippen molar-refractivity contribution in [2.75, 3.05) is 6.61 Å². The molecule has 0 radical (unpaired) electrons. The second-order valence-electron chi connectivity index (χ2n) is 3.52. The van der Waals surface area contributed by atoms with E-state index in [0.29, 0.717) is 5.02 Å². The average molecular weight is 304 g/mol. The fraction of sp³-hybridized carbons (Fsp3) is 0.273. The Hall–Kier alpha value is -0.550. The van der Waals surface area contributed by atoms with Gasteiger partial charge in [-0.25, -0.2) is 5.43 Å². The van der Waals surface area contributed by atoms with Crippen LogP contribution >= 0.6 is 27.5 Å². The van der Waals surface area contributed by atoms with E-state index < -0.39 is 0 Å². The van der Waals surface area contributed by atoms with Crippen LogP contribution in [0, 0.1) is 0 Å². The third kappa shape index (κ3) is 2.40. The summed E-state index contributed by atoms with van der Waals surface area (Å²) in [6, 6.07) is 5.60. The lowest BCUT2D eigenvalue weighted by Crippen LogP contribution is -2.29. The van der Waals surface area contributed by atoms with E-state index in [9.17, 15) is 0 Å². The van der Waals surface area contributed by atoms with Crippen molar-refractivity contribution < 1.29 is 4.74 Å². The molecule has 0 fully saturated rings. The summed E-state index contributed by atoms with van der Waals surface area (Å²) in [6.45, 7) is 0.720. The second-order valence-corrected chi connectivity index (χ2v) is 4.78. The average Bonchev–Trinajstić information content (AvgIpc) is 2.78. The summed E-state index contributed by atoms with van der Waals surface area (Å²) < 4.78 is 6.36. The highest BCUT2D eigenvalue weighted by Gasteiger charge is 2.19. The smallest absolute Gasteiger partial charge is 0.115 e. The molecule has 3 N–H and O–H groups in total. The quantitative estimate of drug-likeness (QED) is 0.667. The van der Waals surface area contributed by atoms with Gasteiger partial charge in [-0.2, -0.15) is 0 Å². The van der Waals surface area contributed by atoms with Gasteiger partial charge in [-0.15, -0.1) is 0 Å². The number of hydrogen-bond donors (Lipinski definition) is 2. The van der Waals surface area contributed by atoms with Crippen molar-refractivity contribution in [2.24, 2.45) is 5.84 Å². The summed E-state index contributed by atoms with van der Waals surface area (Å²) in [5.74, 6) is 6.41. The van der Waals surface area contributed by atoms with Gasteiger partial charge in [-0.1, -0.05) is 17.7 Å². The molecule has 0 aromatic heterocycles. The zero-order chi connectivity index (χ0) is 11.5. The molecule has 0 saturated carbocycles. The summed E-state index contributed by atoms with van der Waals surface area (Å²) in [5.41, 5.74) is 3.73. The molecule has 1 atom stereocenters. The van der Waals surface area contributed by atoms with Crippen LogP contribution in [0.3, 0.4) is 0 Å². The van der Waals surface area contributed by atoms with Gasteiger partial charge in [0.1, 0.15) is 11.8 Å². The molecule has 1 aliphatic rings. The van der Waals surface area contributed by atoms with Crippen LogP contribution in [0.5, 0.6) is 0 Å². The molecular formula is C11H12BrClN2O. The summed E-state index contributed by atoms with van der Waals surface area (Å²) in [6.07, 6.45) is 2.97. The standard InChI is InChI=1S/C11H12BrClN2O/c12-8-4-3-7(6-9(8)13)11(15-14)10-2-1-5-16-10/h2-4,6,11,15H,1,5,14H2. The highest BCUT2D eigenvalue weighted by atomic mass is 79.9. The predicted molar refractivity (Wildman–Crippen MR) is 67.9 cm³/mol. The zero-order valence-corrected chi connectivity index (χ0v) is 10.9. The SMILES string of the molecule is NNC(C1=CCCO1)c1ccc(Br)c(Cl)c1. The lowest BCUT2D eigenvalue weighted by molar-refractivity contribution is 0.215. The Labute approximate surface area is 108 Å². The van der Waals surface area contributed by atoms with Crippen LogP contribution in [0.4, 0.5) is 0 Å². The van der Waals surface area contributed by atoms with Crippen molar-refractivity contribution in [1.82, 2.24) is 5.43 Å². The molecule has 1 aliphatic heterocycles. The van der Waals surface area contributed by atoms with Gasteiger partial charge in [0, 0.05) is 10.9 Å². The molecule has 1 unspecified atom stereocenters.